The zero-order valence-corrected chi connectivity index (χ0v) is 10.1. The van der Waals surface area contributed by atoms with Crippen molar-refractivity contribution in [1.82, 2.24) is 0 Å². The summed E-state index contributed by atoms with van der Waals surface area (Å²) < 4.78 is 48.0. The maximum Gasteiger partial charge on any atom is 0.418 e. The minimum Gasteiger partial charge on any atom is -0.497 e. The van der Waals surface area contributed by atoms with Crippen LogP contribution >= 0.6 is 0 Å². The van der Waals surface area contributed by atoms with Crippen LogP contribution in [0.5, 0.6) is 5.75 Å². The molecule has 0 aliphatic rings. The van der Waals surface area contributed by atoms with Gasteiger partial charge < -0.3 is 14.6 Å². The van der Waals surface area contributed by atoms with Crippen LogP contribution in [0, 0.1) is 0 Å². The Bertz CT molecular complexity index is 431. The first kappa shape index (κ1) is 15.3. The highest BCUT2D eigenvalue weighted by Gasteiger charge is 2.42. The molecule has 0 saturated heterocycles. The van der Waals surface area contributed by atoms with Crippen LogP contribution in [0.2, 0.25) is 0 Å². The van der Waals surface area contributed by atoms with E-state index < -0.39 is 31.3 Å². The molecular weight excluding hydrogens is 265 g/mol. The number of carboxylic acid groups (broad SMARTS) is 1. The molecule has 0 heterocycles. The van der Waals surface area contributed by atoms with Crippen LogP contribution in [0.3, 0.4) is 0 Å². The molecule has 0 bridgehead atoms. The van der Waals surface area contributed by atoms with Gasteiger partial charge in [0.25, 0.3) is 0 Å². The Balaban J connectivity index is 2.87. The zero-order chi connectivity index (χ0) is 14.5. The Morgan fingerprint density at radius 2 is 2.11 bits per heavy atom. The summed E-state index contributed by atoms with van der Waals surface area (Å²) in [7, 11) is 1.34. The summed E-state index contributed by atoms with van der Waals surface area (Å²) in [5.41, 5.74) is -0.128. The van der Waals surface area contributed by atoms with Gasteiger partial charge >= 0.3 is 12.1 Å². The molecule has 0 aliphatic carbocycles. The lowest BCUT2D eigenvalue weighted by atomic mass is 10.1. The topological polar surface area (TPSA) is 55.8 Å². The van der Waals surface area contributed by atoms with Gasteiger partial charge in [-0.25, -0.2) is 0 Å². The Labute approximate surface area is 107 Å². The molecule has 0 amide bonds. The summed E-state index contributed by atoms with van der Waals surface area (Å²) in [5.74, 6) is -0.944. The Kier molecular flexibility index (Phi) is 5.17. The van der Waals surface area contributed by atoms with E-state index in [-0.39, 0.29) is 11.3 Å². The summed E-state index contributed by atoms with van der Waals surface area (Å²) >= 11 is 0. The second kappa shape index (κ2) is 6.42. The highest BCUT2D eigenvalue weighted by molar-refractivity contribution is 5.66. The third kappa shape index (κ3) is 4.78. The number of methoxy groups -OCH3 is 1. The molecule has 0 saturated carbocycles. The number of benzene rings is 1. The summed E-state index contributed by atoms with van der Waals surface area (Å²) in [4.78, 5) is 10.3. The van der Waals surface area contributed by atoms with Crippen molar-refractivity contribution in [2.75, 3.05) is 13.7 Å². The second-order valence-electron chi connectivity index (χ2n) is 3.71. The fraction of sp³-hybridized carbons (Fsp3) is 0.417. The summed E-state index contributed by atoms with van der Waals surface area (Å²) in [6.45, 7) is -0.517. The third-order valence-electron chi connectivity index (χ3n) is 2.29. The van der Waals surface area contributed by atoms with Crippen LogP contribution in [-0.4, -0.2) is 31.0 Å². The van der Waals surface area contributed by atoms with Crippen molar-refractivity contribution >= 4 is 5.97 Å². The van der Waals surface area contributed by atoms with Crippen molar-refractivity contribution in [2.45, 2.75) is 18.7 Å². The van der Waals surface area contributed by atoms with Gasteiger partial charge in [-0.15, -0.1) is 0 Å². The number of rotatable bonds is 6. The SMILES string of the molecule is COc1cccc([C@H](OCCC(=O)O)C(F)(F)F)c1. The van der Waals surface area contributed by atoms with Gasteiger partial charge in [-0.1, -0.05) is 12.1 Å². The van der Waals surface area contributed by atoms with Crippen molar-refractivity contribution in [3.8, 4) is 5.75 Å². The van der Waals surface area contributed by atoms with Gasteiger partial charge in [-0.2, -0.15) is 13.2 Å². The standard InChI is InChI=1S/C12H13F3O4/c1-18-9-4-2-3-8(7-9)11(12(13,14)15)19-6-5-10(16)17/h2-4,7,11H,5-6H2,1H3,(H,16,17)/t11-/m0/s1. The summed E-state index contributed by atoms with van der Waals surface area (Å²) in [6, 6.07) is 5.38. The predicted octanol–water partition coefficient (Wildman–Crippen LogP) is 2.79. The van der Waals surface area contributed by atoms with Crippen molar-refractivity contribution in [2.24, 2.45) is 0 Å². The van der Waals surface area contributed by atoms with Gasteiger partial charge in [0, 0.05) is 0 Å². The average molecular weight is 278 g/mol. The van der Waals surface area contributed by atoms with Crippen LogP contribution < -0.4 is 4.74 Å². The van der Waals surface area contributed by atoms with Gasteiger partial charge in [0.15, 0.2) is 6.10 Å². The van der Waals surface area contributed by atoms with Crippen molar-refractivity contribution in [1.29, 1.82) is 0 Å². The molecule has 1 aromatic carbocycles. The number of carboxylic acids is 1. The molecule has 0 radical (unpaired) electrons. The Morgan fingerprint density at radius 3 is 2.63 bits per heavy atom. The summed E-state index contributed by atoms with van der Waals surface area (Å²) in [5, 5.41) is 8.40. The van der Waals surface area contributed by atoms with E-state index in [0.717, 1.165) is 0 Å². The minimum absolute atomic E-state index is 0.128. The Hall–Kier alpha value is -1.76. The molecule has 19 heavy (non-hydrogen) atoms. The number of ether oxygens (including phenoxy) is 2. The number of alkyl halides is 3. The van der Waals surface area contributed by atoms with E-state index in [9.17, 15) is 18.0 Å². The van der Waals surface area contributed by atoms with Crippen molar-refractivity contribution < 1.29 is 32.5 Å². The van der Waals surface area contributed by atoms with Gasteiger partial charge in [-0.05, 0) is 17.7 Å². The molecule has 0 aromatic heterocycles. The number of hydrogen-bond donors (Lipinski definition) is 1. The Morgan fingerprint density at radius 1 is 1.42 bits per heavy atom. The fourth-order valence-corrected chi connectivity index (χ4v) is 1.45. The fourth-order valence-electron chi connectivity index (χ4n) is 1.45. The van der Waals surface area contributed by atoms with Crippen molar-refractivity contribution in [3.63, 3.8) is 0 Å². The molecule has 4 nitrogen and oxygen atoms in total. The third-order valence-corrected chi connectivity index (χ3v) is 2.29. The summed E-state index contributed by atoms with van der Waals surface area (Å²) in [6.07, 6.45) is -7.27. The lowest BCUT2D eigenvalue weighted by Gasteiger charge is -2.21. The van der Waals surface area contributed by atoms with E-state index in [4.69, 9.17) is 9.84 Å². The van der Waals surface area contributed by atoms with Crippen LogP contribution in [0.1, 0.15) is 18.1 Å². The van der Waals surface area contributed by atoms with E-state index in [1.165, 1.54) is 31.4 Å². The van der Waals surface area contributed by atoms with E-state index in [1.807, 2.05) is 0 Å². The molecule has 106 valence electrons. The largest absolute Gasteiger partial charge is 0.497 e. The predicted molar refractivity (Wildman–Crippen MR) is 60.0 cm³/mol. The van der Waals surface area contributed by atoms with Gasteiger partial charge in [0.2, 0.25) is 0 Å². The first-order valence-electron chi connectivity index (χ1n) is 5.38. The molecule has 1 aromatic rings. The van der Waals surface area contributed by atoms with E-state index in [1.54, 1.807) is 0 Å². The maximum atomic E-state index is 12.9. The normalized spacial score (nSPS) is 13.1. The van der Waals surface area contributed by atoms with Gasteiger partial charge in [0.05, 0.1) is 20.1 Å². The highest BCUT2D eigenvalue weighted by Crippen LogP contribution is 2.36. The lowest BCUT2D eigenvalue weighted by molar-refractivity contribution is -0.224. The molecule has 0 spiro atoms. The van der Waals surface area contributed by atoms with Gasteiger partial charge in [0.1, 0.15) is 5.75 Å². The maximum absolute atomic E-state index is 12.9. The molecular formula is C12H13F3O4. The number of halogens is 3. The monoisotopic (exact) mass is 278 g/mol. The molecule has 0 fully saturated rings. The van der Waals surface area contributed by atoms with E-state index in [0.29, 0.717) is 0 Å². The van der Waals surface area contributed by atoms with Crippen LogP contribution in [0.15, 0.2) is 24.3 Å². The molecule has 1 rings (SSSR count). The van der Waals surface area contributed by atoms with Crippen LogP contribution in [-0.2, 0) is 9.53 Å². The first-order chi connectivity index (χ1) is 8.84. The minimum atomic E-state index is -4.62. The number of aliphatic carboxylic acids is 1. The molecule has 0 aliphatic heterocycles. The van der Waals surface area contributed by atoms with Crippen LogP contribution in [0.25, 0.3) is 0 Å². The quantitative estimate of drug-likeness (QED) is 0.869. The molecule has 7 heteroatoms. The van der Waals surface area contributed by atoms with Gasteiger partial charge in [-0.3, -0.25) is 4.79 Å². The second-order valence-corrected chi connectivity index (χ2v) is 3.71. The molecule has 0 unspecified atom stereocenters. The van der Waals surface area contributed by atoms with E-state index >= 15 is 0 Å². The van der Waals surface area contributed by atoms with E-state index in [2.05, 4.69) is 4.74 Å². The zero-order valence-electron chi connectivity index (χ0n) is 10.1. The average Bonchev–Trinajstić information content (AvgIpc) is 2.33. The number of carbonyl (C=O) groups is 1. The number of hydrogen-bond acceptors (Lipinski definition) is 3. The van der Waals surface area contributed by atoms with Crippen molar-refractivity contribution in [3.05, 3.63) is 29.8 Å². The lowest BCUT2D eigenvalue weighted by Crippen LogP contribution is -2.24. The first-order valence-corrected chi connectivity index (χ1v) is 5.38. The molecule has 1 N–H and O–H groups in total. The highest BCUT2D eigenvalue weighted by atomic mass is 19.4. The molecule has 1 atom stereocenters. The van der Waals surface area contributed by atoms with Crippen LogP contribution in [0.4, 0.5) is 13.2 Å². The smallest absolute Gasteiger partial charge is 0.418 e.